The Morgan fingerprint density at radius 3 is 2.56 bits per heavy atom. The Kier molecular flexibility index (Phi) is 6.87. The quantitative estimate of drug-likeness (QED) is 0.358. The molecule has 0 bridgehead atoms. The normalized spacial score (nSPS) is 11.8. The van der Waals surface area contributed by atoms with E-state index in [1.165, 1.54) is 6.92 Å². The number of hydrogen-bond donors (Lipinski definition) is 1. The van der Waals surface area contributed by atoms with E-state index in [0.717, 1.165) is 26.7 Å². The number of para-hydroxylation sites is 2. The van der Waals surface area contributed by atoms with Gasteiger partial charge in [-0.05, 0) is 48.9 Å². The minimum atomic E-state index is -0.996. The lowest BCUT2D eigenvalue weighted by molar-refractivity contribution is -0.144. The van der Waals surface area contributed by atoms with Gasteiger partial charge < -0.3 is 19.5 Å². The van der Waals surface area contributed by atoms with E-state index < -0.39 is 12.1 Å². The summed E-state index contributed by atoms with van der Waals surface area (Å²) >= 11 is 1.64. The highest BCUT2D eigenvalue weighted by Gasteiger charge is 2.15. The van der Waals surface area contributed by atoms with Crippen molar-refractivity contribution in [2.24, 2.45) is 0 Å². The first-order valence-corrected chi connectivity index (χ1v) is 11.2. The lowest BCUT2D eigenvalue weighted by Gasteiger charge is -2.22. The number of fused-ring (bicyclic) bond motifs is 1. The van der Waals surface area contributed by atoms with Gasteiger partial charge in [-0.1, -0.05) is 53.8 Å². The maximum Gasteiger partial charge on any atom is 0.344 e. The van der Waals surface area contributed by atoms with Crippen molar-refractivity contribution in [3.05, 3.63) is 84.4 Å². The van der Waals surface area contributed by atoms with E-state index in [9.17, 15) is 4.79 Å². The van der Waals surface area contributed by atoms with Gasteiger partial charge in [-0.15, -0.1) is 0 Å². The van der Waals surface area contributed by atoms with E-state index in [-0.39, 0.29) is 0 Å². The van der Waals surface area contributed by atoms with Crippen molar-refractivity contribution in [2.45, 2.75) is 19.6 Å². The SMILES string of the molecule is CC(Oc1cccc(CN(CCOc2ccccc2)c2nc3ccccc3s2)c1)C(=O)O. The van der Waals surface area contributed by atoms with Gasteiger partial charge in [-0.3, -0.25) is 0 Å². The second kappa shape index (κ2) is 10.2. The molecule has 0 saturated heterocycles. The van der Waals surface area contributed by atoms with Crippen LogP contribution in [0.25, 0.3) is 10.2 Å². The number of benzene rings is 3. The van der Waals surface area contributed by atoms with Crippen molar-refractivity contribution in [3.8, 4) is 11.5 Å². The van der Waals surface area contributed by atoms with Crippen LogP contribution in [-0.2, 0) is 11.3 Å². The number of anilines is 1. The van der Waals surface area contributed by atoms with E-state index in [0.29, 0.717) is 25.4 Å². The summed E-state index contributed by atoms with van der Waals surface area (Å²) in [5.41, 5.74) is 1.97. The number of carbonyl (C=O) groups is 1. The van der Waals surface area contributed by atoms with Crippen LogP contribution in [0, 0.1) is 0 Å². The first kappa shape index (κ1) is 21.6. The summed E-state index contributed by atoms with van der Waals surface area (Å²) in [7, 11) is 0. The van der Waals surface area contributed by atoms with Crippen LogP contribution in [0.1, 0.15) is 12.5 Å². The molecule has 1 atom stereocenters. The van der Waals surface area contributed by atoms with Gasteiger partial charge in [0, 0.05) is 6.54 Å². The van der Waals surface area contributed by atoms with Gasteiger partial charge in [0.1, 0.15) is 18.1 Å². The Morgan fingerprint density at radius 2 is 1.78 bits per heavy atom. The lowest BCUT2D eigenvalue weighted by atomic mass is 10.2. The van der Waals surface area contributed by atoms with E-state index >= 15 is 0 Å². The number of carboxylic acid groups (broad SMARTS) is 1. The number of carboxylic acids is 1. The molecule has 4 aromatic rings. The predicted molar refractivity (Wildman–Crippen MR) is 127 cm³/mol. The standard InChI is InChI=1S/C25H24N2O4S/c1-18(24(28)29)31-21-11-7-8-19(16-21)17-27(14-15-30-20-9-3-2-4-10-20)25-26-22-12-5-6-13-23(22)32-25/h2-13,16,18H,14-15,17H2,1H3,(H,28,29). The monoisotopic (exact) mass is 448 g/mol. The van der Waals surface area contributed by atoms with Gasteiger partial charge in [0.15, 0.2) is 11.2 Å². The summed E-state index contributed by atoms with van der Waals surface area (Å²) in [5, 5.41) is 10.0. The number of thiazole rings is 1. The van der Waals surface area contributed by atoms with Crippen LogP contribution in [-0.4, -0.2) is 35.3 Å². The topological polar surface area (TPSA) is 71.9 Å². The van der Waals surface area contributed by atoms with Crippen LogP contribution < -0.4 is 14.4 Å². The van der Waals surface area contributed by atoms with Crippen LogP contribution in [0.3, 0.4) is 0 Å². The molecule has 3 aromatic carbocycles. The Morgan fingerprint density at radius 1 is 1.03 bits per heavy atom. The molecule has 0 aliphatic carbocycles. The van der Waals surface area contributed by atoms with Crippen LogP contribution in [0.5, 0.6) is 11.5 Å². The molecule has 6 nitrogen and oxygen atoms in total. The first-order chi connectivity index (χ1) is 15.6. The maximum absolute atomic E-state index is 11.1. The van der Waals surface area contributed by atoms with Crippen LogP contribution in [0.2, 0.25) is 0 Å². The summed E-state index contributed by atoms with van der Waals surface area (Å²) in [6.07, 6.45) is -0.912. The highest BCUT2D eigenvalue weighted by atomic mass is 32.1. The summed E-state index contributed by atoms with van der Waals surface area (Å²) in [6, 6.07) is 25.3. The minimum Gasteiger partial charge on any atom is -0.492 e. The van der Waals surface area contributed by atoms with Gasteiger partial charge in [-0.2, -0.15) is 0 Å². The number of aliphatic carboxylic acids is 1. The molecule has 1 aromatic heterocycles. The fourth-order valence-electron chi connectivity index (χ4n) is 3.22. The number of ether oxygens (including phenoxy) is 2. The zero-order valence-electron chi connectivity index (χ0n) is 17.7. The predicted octanol–water partition coefficient (Wildman–Crippen LogP) is 5.23. The summed E-state index contributed by atoms with van der Waals surface area (Å²) < 4.78 is 12.6. The molecule has 32 heavy (non-hydrogen) atoms. The number of aromatic nitrogens is 1. The van der Waals surface area contributed by atoms with Crippen molar-refractivity contribution in [1.82, 2.24) is 4.98 Å². The molecule has 0 aliphatic heterocycles. The van der Waals surface area contributed by atoms with Crippen molar-refractivity contribution < 1.29 is 19.4 Å². The average Bonchev–Trinajstić information content (AvgIpc) is 3.23. The summed E-state index contributed by atoms with van der Waals surface area (Å²) in [5.74, 6) is 0.363. The minimum absolute atomic E-state index is 0.506. The van der Waals surface area contributed by atoms with Gasteiger partial charge in [0.2, 0.25) is 0 Å². The summed E-state index contributed by atoms with van der Waals surface area (Å²) in [6.45, 7) is 3.26. The van der Waals surface area contributed by atoms with Gasteiger partial charge in [0.25, 0.3) is 0 Å². The Balaban J connectivity index is 1.52. The molecule has 1 unspecified atom stereocenters. The number of nitrogens with zero attached hydrogens (tertiary/aromatic N) is 2. The molecule has 0 radical (unpaired) electrons. The largest absolute Gasteiger partial charge is 0.492 e. The smallest absolute Gasteiger partial charge is 0.344 e. The molecule has 7 heteroatoms. The molecule has 0 saturated carbocycles. The lowest BCUT2D eigenvalue weighted by Crippen LogP contribution is -2.28. The zero-order chi connectivity index (χ0) is 22.3. The molecule has 164 valence electrons. The van der Waals surface area contributed by atoms with Gasteiger partial charge >= 0.3 is 5.97 Å². The van der Waals surface area contributed by atoms with Crippen molar-refractivity contribution in [1.29, 1.82) is 0 Å². The molecule has 0 spiro atoms. The molecule has 0 fully saturated rings. The van der Waals surface area contributed by atoms with E-state index in [2.05, 4.69) is 11.0 Å². The van der Waals surface area contributed by atoms with Crippen LogP contribution in [0.15, 0.2) is 78.9 Å². The van der Waals surface area contributed by atoms with Gasteiger partial charge in [0.05, 0.1) is 16.8 Å². The highest BCUT2D eigenvalue weighted by molar-refractivity contribution is 7.22. The summed E-state index contributed by atoms with van der Waals surface area (Å²) in [4.78, 5) is 18.1. The highest BCUT2D eigenvalue weighted by Crippen LogP contribution is 2.30. The third-order valence-corrected chi connectivity index (χ3v) is 5.96. The van der Waals surface area contributed by atoms with E-state index in [4.69, 9.17) is 19.6 Å². The van der Waals surface area contributed by atoms with Crippen molar-refractivity contribution >= 4 is 32.7 Å². The number of rotatable bonds is 10. The van der Waals surface area contributed by atoms with E-state index in [1.807, 2.05) is 66.7 Å². The zero-order valence-corrected chi connectivity index (χ0v) is 18.5. The molecule has 1 N–H and O–H groups in total. The Bertz CT molecular complexity index is 1150. The van der Waals surface area contributed by atoms with Crippen molar-refractivity contribution in [2.75, 3.05) is 18.1 Å². The second-order valence-corrected chi connectivity index (χ2v) is 8.30. The van der Waals surface area contributed by atoms with E-state index in [1.54, 1.807) is 17.4 Å². The average molecular weight is 449 g/mol. The first-order valence-electron chi connectivity index (χ1n) is 10.4. The number of hydrogen-bond acceptors (Lipinski definition) is 6. The Labute approximate surface area is 190 Å². The third kappa shape index (κ3) is 5.56. The molecule has 1 heterocycles. The molecule has 4 rings (SSSR count). The van der Waals surface area contributed by atoms with Crippen molar-refractivity contribution in [3.63, 3.8) is 0 Å². The maximum atomic E-state index is 11.1. The molecule has 0 amide bonds. The van der Waals surface area contributed by atoms with Gasteiger partial charge in [-0.25, -0.2) is 9.78 Å². The second-order valence-electron chi connectivity index (χ2n) is 7.29. The molecular formula is C25H24N2O4S. The van der Waals surface area contributed by atoms with Crippen LogP contribution >= 0.6 is 11.3 Å². The Hall–Kier alpha value is -3.58. The fourth-order valence-corrected chi connectivity index (χ4v) is 4.21. The fraction of sp³-hybridized carbons (Fsp3) is 0.200. The third-order valence-electron chi connectivity index (χ3n) is 4.86. The molecule has 0 aliphatic rings. The molecular weight excluding hydrogens is 424 g/mol. The van der Waals surface area contributed by atoms with Crippen LogP contribution in [0.4, 0.5) is 5.13 Å².